The Labute approximate surface area is 173 Å². The summed E-state index contributed by atoms with van der Waals surface area (Å²) in [5.41, 5.74) is 2.75. The van der Waals surface area contributed by atoms with Crippen LogP contribution in [0.15, 0.2) is 66.0 Å². The van der Waals surface area contributed by atoms with E-state index in [4.69, 9.17) is 4.74 Å². The first-order valence-corrected chi connectivity index (χ1v) is 9.22. The first-order valence-electron chi connectivity index (χ1n) is 9.22. The zero-order chi connectivity index (χ0) is 21.3. The molecule has 150 valence electrons. The SMILES string of the molecule is COc1cc(C2C(C(=O)Nc3ccccc3)=C(C)Nc3c(C#N)cnn32)ccc1O. The van der Waals surface area contributed by atoms with E-state index in [9.17, 15) is 15.2 Å². The molecule has 8 nitrogen and oxygen atoms in total. The predicted octanol–water partition coefficient (Wildman–Crippen LogP) is 3.40. The second-order valence-corrected chi connectivity index (χ2v) is 6.78. The molecule has 2 aromatic carbocycles. The van der Waals surface area contributed by atoms with Gasteiger partial charge in [0.15, 0.2) is 11.5 Å². The number of carbonyl (C=O) groups is 1. The summed E-state index contributed by atoms with van der Waals surface area (Å²) in [6, 6.07) is 15.5. The van der Waals surface area contributed by atoms with Crippen LogP contribution in [0.3, 0.4) is 0 Å². The molecule has 3 N–H and O–H groups in total. The van der Waals surface area contributed by atoms with Crippen LogP contribution in [-0.2, 0) is 4.79 Å². The highest BCUT2D eigenvalue weighted by atomic mass is 16.5. The van der Waals surface area contributed by atoms with Gasteiger partial charge in [-0.05, 0) is 36.8 Å². The molecule has 1 aliphatic rings. The third kappa shape index (κ3) is 3.22. The number of nitrogens with zero attached hydrogens (tertiary/aromatic N) is 3. The number of anilines is 2. The van der Waals surface area contributed by atoms with Gasteiger partial charge in [-0.2, -0.15) is 10.4 Å². The molecule has 3 aromatic rings. The minimum absolute atomic E-state index is 0.00965. The van der Waals surface area contributed by atoms with Gasteiger partial charge in [-0.1, -0.05) is 24.3 Å². The molecule has 0 saturated heterocycles. The number of phenolic OH excluding ortho intramolecular Hbond substituents is 1. The third-order valence-electron chi connectivity index (χ3n) is 4.94. The number of benzene rings is 2. The van der Waals surface area contributed by atoms with E-state index in [1.54, 1.807) is 35.9 Å². The van der Waals surface area contributed by atoms with Crippen molar-refractivity contribution in [1.29, 1.82) is 5.26 Å². The van der Waals surface area contributed by atoms with Gasteiger partial charge in [-0.15, -0.1) is 0 Å². The lowest BCUT2D eigenvalue weighted by atomic mass is 9.94. The lowest BCUT2D eigenvalue weighted by molar-refractivity contribution is -0.113. The van der Waals surface area contributed by atoms with Gasteiger partial charge < -0.3 is 20.5 Å². The summed E-state index contributed by atoms with van der Waals surface area (Å²) in [6.45, 7) is 1.78. The number of fused-ring (bicyclic) bond motifs is 1. The van der Waals surface area contributed by atoms with Gasteiger partial charge in [0.05, 0.1) is 18.9 Å². The van der Waals surface area contributed by atoms with Crippen molar-refractivity contribution in [1.82, 2.24) is 9.78 Å². The fourth-order valence-corrected chi connectivity index (χ4v) is 3.52. The molecule has 1 atom stereocenters. The summed E-state index contributed by atoms with van der Waals surface area (Å²) in [6.07, 6.45) is 1.46. The van der Waals surface area contributed by atoms with Gasteiger partial charge in [0.25, 0.3) is 5.91 Å². The van der Waals surface area contributed by atoms with E-state index in [1.807, 2.05) is 18.2 Å². The maximum absolute atomic E-state index is 13.3. The van der Waals surface area contributed by atoms with Gasteiger partial charge in [-0.25, -0.2) is 4.68 Å². The standard InChI is InChI=1S/C22H19N5O3/c1-13-19(22(29)26-16-6-4-3-5-7-16)20(14-8-9-17(28)18(10-14)30-2)27-21(25-13)15(11-23)12-24-27/h3-10,12,20,25,28H,1-2H3,(H,26,29). The lowest BCUT2D eigenvalue weighted by Gasteiger charge is -2.30. The monoisotopic (exact) mass is 401 g/mol. The smallest absolute Gasteiger partial charge is 0.255 e. The van der Waals surface area contributed by atoms with Crippen LogP contribution < -0.4 is 15.4 Å². The molecule has 30 heavy (non-hydrogen) atoms. The Kier molecular flexibility index (Phi) is 4.86. The van der Waals surface area contributed by atoms with Gasteiger partial charge >= 0.3 is 0 Å². The Hall–Kier alpha value is -4.25. The number of rotatable bonds is 4. The average molecular weight is 401 g/mol. The number of aromatic nitrogens is 2. The highest BCUT2D eigenvalue weighted by molar-refractivity contribution is 6.06. The second-order valence-electron chi connectivity index (χ2n) is 6.78. The van der Waals surface area contributed by atoms with E-state index in [0.717, 1.165) is 0 Å². The van der Waals surface area contributed by atoms with Crippen LogP contribution in [0.4, 0.5) is 11.5 Å². The molecule has 1 amide bonds. The lowest BCUT2D eigenvalue weighted by Crippen LogP contribution is -2.31. The number of methoxy groups -OCH3 is 1. The minimum atomic E-state index is -0.624. The summed E-state index contributed by atoms with van der Waals surface area (Å²) in [7, 11) is 1.46. The molecule has 0 radical (unpaired) electrons. The number of aromatic hydroxyl groups is 1. The second kappa shape index (κ2) is 7.64. The van der Waals surface area contributed by atoms with Crippen LogP contribution in [0, 0.1) is 11.3 Å². The zero-order valence-electron chi connectivity index (χ0n) is 16.4. The fourth-order valence-electron chi connectivity index (χ4n) is 3.52. The van der Waals surface area contributed by atoms with Crippen LogP contribution in [0.25, 0.3) is 0 Å². The number of allylic oxidation sites excluding steroid dienone is 1. The third-order valence-corrected chi connectivity index (χ3v) is 4.94. The molecule has 1 aromatic heterocycles. The molecule has 0 saturated carbocycles. The van der Waals surface area contributed by atoms with Crippen LogP contribution in [0.2, 0.25) is 0 Å². The van der Waals surface area contributed by atoms with Gasteiger partial charge in [0, 0.05) is 11.4 Å². The maximum atomic E-state index is 13.3. The number of carbonyl (C=O) groups excluding carboxylic acids is 1. The van der Waals surface area contributed by atoms with Gasteiger partial charge in [-0.3, -0.25) is 4.79 Å². The summed E-state index contributed by atoms with van der Waals surface area (Å²) >= 11 is 0. The number of phenols is 1. The molecule has 0 aliphatic carbocycles. The largest absolute Gasteiger partial charge is 0.504 e. The van der Waals surface area contributed by atoms with Crippen molar-refractivity contribution in [2.75, 3.05) is 17.7 Å². The Morgan fingerprint density at radius 1 is 1.30 bits per heavy atom. The van der Waals surface area contributed by atoms with E-state index in [0.29, 0.717) is 33.9 Å². The Bertz CT molecular complexity index is 1190. The van der Waals surface area contributed by atoms with Gasteiger partial charge in [0.1, 0.15) is 23.5 Å². The predicted molar refractivity (Wildman–Crippen MR) is 111 cm³/mol. The number of para-hydroxylation sites is 1. The highest BCUT2D eigenvalue weighted by Crippen LogP contribution is 2.40. The van der Waals surface area contributed by atoms with Crippen molar-refractivity contribution >= 4 is 17.4 Å². The van der Waals surface area contributed by atoms with E-state index in [2.05, 4.69) is 21.8 Å². The Morgan fingerprint density at radius 3 is 2.77 bits per heavy atom. The summed E-state index contributed by atoms with van der Waals surface area (Å²) in [5, 5.41) is 29.8. The van der Waals surface area contributed by atoms with E-state index in [1.165, 1.54) is 19.4 Å². The van der Waals surface area contributed by atoms with Crippen molar-refractivity contribution in [3.8, 4) is 17.6 Å². The molecule has 1 unspecified atom stereocenters. The van der Waals surface area contributed by atoms with Crippen LogP contribution in [-0.4, -0.2) is 27.9 Å². The summed E-state index contributed by atoms with van der Waals surface area (Å²) in [4.78, 5) is 13.3. The van der Waals surface area contributed by atoms with E-state index >= 15 is 0 Å². The summed E-state index contributed by atoms with van der Waals surface area (Å²) in [5.74, 6) is 0.469. The molecule has 0 bridgehead atoms. The number of amides is 1. The van der Waals surface area contributed by atoms with Crippen LogP contribution in [0.1, 0.15) is 24.1 Å². The quantitative estimate of drug-likeness (QED) is 0.618. The molecule has 0 fully saturated rings. The van der Waals surface area contributed by atoms with Crippen LogP contribution in [0.5, 0.6) is 11.5 Å². The molecule has 1 aliphatic heterocycles. The van der Waals surface area contributed by atoms with Crippen molar-refractivity contribution in [2.45, 2.75) is 13.0 Å². The summed E-state index contributed by atoms with van der Waals surface area (Å²) < 4.78 is 6.84. The molecule has 2 heterocycles. The maximum Gasteiger partial charge on any atom is 0.255 e. The number of hydrogen-bond donors (Lipinski definition) is 3. The Balaban J connectivity index is 1.84. The normalized spacial score (nSPS) is 15.0. The van der Waals surface area contributed by atoms with Crippen LogP contribution >= 0.6 is 0 Å². The Morgan fingerprint density at radius 2 is 2.07 bits per heavy atom. The first kappa shape index (κ1) is 19.1. The number of ether oxygens (including phenoxy) is 1. The minimum Gasteiger partial charge on any atom is -0.504 e. The van der Waals surface area contributed by atoms with E-state index < -0.39 is 6.04 Å². The topological polar surface area (TPSA) is 112 Å². The number of nitriles is 1. The molecular formula is C22H19N5O3. The molecule has 8 heteroatoms. The van der Waals surface area contributed by atoms with Crippen molar-refractivity contribution in [2.24, 2.45) is 0 Å². The molecular weight excluding hydrogens is 382 g/mol. The van der Waals surface area contributed by atoms with Gasteiger partial charge in [0.2, 0.25) is 0 Å². The van der Waals surface area contributed by atoms with Crippen molar-refractivity contribution < 1.29 is 14.6 Å². The van der Waals surface area contributed by atoms with E-state index in [-0.39, 0.29) is 17.4 Å². The highest BCUT2D eigenvalue weighted by Gasteiger charge is 2.34. The average Bonchev–Trinajstić information content (AvgIpc) is 3.16. The fraction of sp³-hybridized carbons (Fsp3) is 0.136. The van der Waals surface area contributed by atoms with Crippen molar-refractivity contribution in [3.63, 3.8) is 0 Å². The number of hydrogen-bond acceptors (Lipinski definition) is 6. The zero-order valence-corrected chi connectivity index (χ0v) is 16.4. The number of nitrogens with one attached hydrogen (secondary N) is 2. The first-order chi connectivity index (χ1) is 14.5. The molecule has 0 spiro atoms. The van der Waals surface area contributed by atoms with Crippen molar-refractivity contribution in [3.05, 3.63) is 77.1 Å². The molecule has 4 rings (SSSR count).